The molecule has 0 aromatic carbocycles. The lowest BCUT2D eigenvalue weighted by Gasteiger charge is -2.31. The molecule has 20 heavy (non-hydrogen) atoms. The molecule has 2 heterocycles. The molecule has 0 spiro atoms. The highest BCUT2D eigenvalue weighted by Gasteiger charge is 2.24. The Bertz CT molecular complexity index is 523. The SMILES string of the molecule is Cc1ccsc1C=CC(=O)N1CCOC(CC(=O)O)C1. The van der Waals surface area contributed by atoms with Crippen molar-refractivity contribution in [3.05, 3.63) is 28.0 Å². The van der Waals surface area contributed by atoms with E-state index in [0.717, 1.165) is 10.4 Å². The van der Waals surface area contributed by atoms with Gasteiger partial charge in [0.05, 0.1) is 19.1 Å². The van der Waals surface area contributed by atoms with Crippen LogP contribution in [0.1, 0.15) is 16.9 Å². The van der Waals surface area contributed by atoms with Crippen LogP contribution in [0.2, 0.25) is 0 Å². The summed E-state index contributed by atoms with van der Waals surface area (Å²) in [5.41, 5.74) is 1.14. The first-order chi connectivity index (χ1) is 9.56. The third-order valence-corrected chi connectivity index (χ3v) is 4.12. The molecule has 6 heteroatoms. The second kappa shape index (κ2) is 6.67. The molecule has 1 saturated heterocycles. The molecule has 1 atom stereocenters. The Hall–Kier alpha value is -1.66. The maximum Gasteiger partial charge on any atom is 0.306 e. The van der Waals surface area contributed by atoms with Gasteiger partial charge in [-0.15, -0.1) is 11.3 Å². The van der Waals surface area contributed by atoms with Gasteiger partial charge in [-0.3, -0.25) is 9.59 Å². The van der Waals surface area contributed by atoms with Crippen LogP contribution in [0.5, 0.6) is 0 Å². The van der Waals surface area contributed by atoms with Crippen LogP contribution in [0.3, 0.4) is 0 Å². The largest absolute Gasteiger partial charge is 0.481 e. The van der Waals surface area contributed by atoms with Crippen LogP contribution in [0.4, 0.5) is 0 Å². The second-order valence-electron chi connectivity index (χ2n) is 4.68. The predicted molar refractivity (Wildman–Crippen MR) is 76.7 cm³/mol. The molecule has 0 saturated carbocycles. The summed E-state index contributed by atoms with van der Waals surface area (Å²) in [6.07, 6.45) is 2.87. The van der Waals surface area contributed by atoms with Gasteiger partial charge < -0.3 is 14.7 Å². The van der Waals surface area contributed by atoms with Gasteiger partial charge in [-0.25, -0.2) is 0 Å². The molecule has 1 aliphatic rings. The lowest BCUT2D eigenvalue weighted by Crippen LogP contribution is -2.45. The Kier molecular flexibility index (Phi) is 4.92. The van der Waals surface area contributed by atoms with E-state index in [9.17, 15) is 9.59 Å². The standard InChI is InChI=1S/C14H17NO4S/c1-10-4-7-20-12(10)2-3-13(16)15-5-6-19-11(9-15)8-14(17)18/h2-4,7,11H,5-6,8-9H2,1H3,(H,17,18). The number of amides is 1. The summed E-state index contributed by atoms with van der Waals surface area (Å²) >= 11 is 1.59. The predicted octanol–water partition coefficient (Wildman–Crippen LogP) is 1.77. The molecule has 1 N–H and O–H groups in total. The zero-order valence-electron chi connectivity index (χ0n) is 11.2. The Balaban J connectivity index is 1.93. The summed E-state index contributed by atoms with van der Waals surface area (Å²) in [5, 5.41) is 10.7. The number of thiophene rings is 1. The monoisotopic (exact) mass is 295 g/mol. The number of carboxylic acid groups (broad SMARTS) is 1. The Morgan fingerprint density at radius 2 is 2.40 bits per heavy atom. The highest BCUT2D eigenvalue weighted by atomic mass is 32.1. The van der Waals surface area contributed by atoms with Gasteiger partial charge in [-0.1, -0.05) is 0 Å². The van der Waals surface area contributed by atoms with Crippen molar-refractivity contribution in [2.75, 3.05) is 19.7 Å². The zero-order chi connectivity index (χ0) is 14.5. The molecule has 1 aromatic rings. The Morgan fingerprint density at radius 3 is 3.05 bits per heavy atom. The molecule has 1 aromatic heterocycles. The van der Waals surface area contributed by atoms with Crippen LogP contribution in [0.25, 0.3) is 6.08 Å². The number of morpholine rings is 1. The number of ether oxygens (including phenoxy) is 1. The number of rotatable bonds is 4. The van der Waals surface area contributed by atoms with Crippen LogP contribution >= 0.6 is 11.3 Å². The van der Waals surface area contributed by atoms with E-state index in [0.29, 0.717) is 19.7 Å². The van der Waals surface area contributed by atoms with Crippen molar-refractivity contribution in [2.45, 2.75) is 19.4 Å². The first-order valence-electron chi connectivity index (χ1n) is 6.40. The quantitative estimate of drug-likeness (QED) is 0.860. The number of carbonyl (C=O) groups is 2. The highest BCUT2D eigenvalue weighted by molar-refractivity contribution is 7.11. The maximum atomic E-state index is 12.1. The number of carbonyl (C=O) groups excluding carboxylic acids is 1. The first-order valence-corrected chi connectivity index (χ1v) is 7.28. The third kappa shape index (κ3) is 3.91. The van der Waals surface area contributed by atoms with Gasteiger partial charge in [0, 0.05) is 24.0 Å². The van der Waals surface area contributed by atoms with Crippen LogP contribution in [0, 0.1) is 6.92 Å². The summed E-state index contributed by atoms with van der Waals surface area (Å²) in [4.78, 5) is 25.4. The topological polar surface area (TPSA) is 66.8 Å². The van der Waals surface area contributed by atoms with Gasteiger partial charge in [0.15, 0.2) is 0 Å². The van der Waals surface area contributed by atoms with Crippen molar-refractivity contribution in [3.8, 4) is 0 Å². The molecule has 1 aliphatic heterocycles. The van der Waals surface area contributed by atoms with E-state index in [1.807, 2.05) is 24.4 Å². The lowest BCUT2D eigenvalue weighted by molar-refractivity contribution is -0.145. The number of aliphatic carboxylic acids is 1. The van der Waals surface area contributed by atoms with Gasteiger partial charge in [0.25, 0.3) is 0 Å². The number of hydrogen-bond donors (Lipinski definition) is 1. The number of aryl methyl sites for hydroxylation is 1. The van der Waals surface area contributed by atoms with E-state index in [4.69, 9.17) is 9.84 Å². The minimum Gasteiger partial charge on any atom is -0.481 e. The Morgan fingerprint density at radius 1 is 1.60 bits per heavy atom. The molecule has 5 nitrogen and oxygen atoms in total. The molecule has 108 valence electrons. The molecule has 0 bridgehead atoms. The number of hydrogen-bond acceptors (Lipinski definition) is 4. The van der Waals surface area contributed by atoms with Crippen molar-refractivity contribution in [1.29, 1.82) is 0 Å². The molecular weight excluding hydrogens is 278 g/mol. The van der Waals surface area contributed by atoms with E-state index < -0.39 is 12.1 Å². The summed E-state index contributed by atoms with van der Waals surface area (Å²) < 4.78 is 5.34. The van der Waals surface area contributed by atoms with Gasteiger partial charge in [0.2, 0.25) is 5.91 Å². The zero-order valence-corrected chi connectivity index (χ0v) is 12.1. The molecule has 0 radical (unpaired) electrons. The number of nitrogens with zero attached hydrogens (tertiary/aromatic N) is 1. The molecule has 0 aliphatic carbocycles. The average Bonchev–Trinajstić information content (AvgIpc) is 2.81. The second-order valence-corrected chi connectivity index (χ2v) is 5.62. The molecule has 1 fully saturated rings. The summed E-state index contributed by atoms with van der Waals surface area (Å²) in [6.45, 7) is 3.22. The lowest BCUT2D eigenvalue weighted by atomic mass is 10.2. The van der Waals surface area contributed by atoms with E-state index in [-0.39, 0.29) is 12.3 Å². The van der Waals surface area contributed by atoms with Crippen LogP contribution in [-0.2, 0) is 14.3 Å². The number of carboxylic acids is 1. The highest BCUT2D eigenvalue weighted by Crippen LogP contribution is 2.17. The van der Waals surface area contributed by atoms with Crippen molar-refractivity contribution in [2.24, 2.45) is 0 Å². The van der Waals surface area contributed by atoms with Crippen LogP contribution in [0.15, 0.2) is 17.5 Å². The van der Waals surface area contributed by atoms with Crippen molar-refractivity contribution < 1.29 is 19.4 Å². The fraction of sp³-hybridized carbons (Fsp3) is 0.429. The molecular formula is C14H17NO4S. The minimum absolute atomic E-state index is 0.0719. The third-order valence-electron chi connectivity index (χ3n) is 3.13. The normalized spacial score (nSPS) is 19.4. The molecule has 2 rings (SSSR count). The van der Waals surface area contributed by atoms with Gasteiger partial charge in [0.1, 0.15) is 0 Å². The van der Waals surface area contributed by atoms with E-state index in [2.05, 4.69) is 0 Å². The molecule has 1 amide bonds. The smallest absolute Gasteiger partial charge is 0.306 e. The van der Waals surface area contributed by atoms with Gasteiger partial charge in [-0.2, -0.15) is 0 Å². The van der Waals surface area contributed by atoms with Gasteiger partial charge >= 0.3 is 5.97 Å². The fourth-order valence-electron chi connectivity index (χ4n) is 2.05. The summed E-state index contributed by atoms with van der Waals surface area (Å²) in [6, 6.07) is 2.01. The average molecular weight is 295 g/mol. The summed E-state index contributed by atoms with van der Waals surface area (Å²) in [5.74, 6) is -1.01. The maximum absolute atomic E-state index is 12.1. The van der Waals surface area contributed by atoms with Crippen LogP contribution < -0.4 is 0 Å². The van der Waals surface area contributed by atoms with Crippen molar-refractivity contribution >= 4 is 29.3 Å². The van der Waals surface area contributed by atoms with E-state index in [1.54, 1.807) is 22.3 Å². The molecule has 1 unspecified atom stereocenters. The summed E-state index contributed by atoms with van der Waals surface area (Å²) in [7, 11) is 0. The van der Waals surface area contributed by atoms with E-state index >= 15 is 0 Å². The van der Waals surface area contributed by atoms with Crippen molar-refractivity contribution in [3.63, 3.8) is 0 Å². The Labute approximate surface area is 121 Å². The van der Waals surface area contributed by atoms with Gasteiger partial charge in [-0.05, 0) is 30.0 Å². The van der Waals surface area contributed by atoms with Crippen molar-refractivity contribution in [1.82, 2.24) is 4.90 Å². The fourth-order valence-corrected chi connectivity index (χ4v) is 2.86. The minimum atomic E-state index is -0.908. The first kappa shape index (κ1) is 14.7. The van der Waals surface area contributed by atoms with E-state index in [1.165, 1.54) is 0 Å². The van der Waals surface area contributed by atoms with Crippen LogP contribution in [-0.4, -0.2) is 47.7 Å².